The Morgan fingerprint density at radius 2 is 1.72 bits per heavy atom. The number of halogens is 4. The van der Waals surface area contributed by atoms with E-state index in [2.05, 4.69) is 15.2 Å². The van der Waals surface area contributed by atoms with Gasteiger partial charge in [0, 0.05) is 39.3 Å². The Labute approximate surface area is 164 Å². The topological polar surface area (TPSA) is 65.0 Å². The average Bonchev–Trinajstić information content (AvgIpc) is 3.05. The highest BCUT2D eigenvalue weighted by Gasteiger charge is 2.50. The van der Waals surface area contributed by atoms with Gasteiger partial charge in [0.1, 0.15) is 0 Å². The van der Waals surface area contributed by atoms with Gasteiger partial charge in [0.2, 0.25) is 0 Å². The van der Waals surface area contributed by atoms with Crippen molar-refractivity contribution in [3.05, 3.63) is 0 Å². The zero-order chi connectivity index (χ0) is 17.8. The molecule has 0 spiro atoms. The van der Waals surface area contributed by atoms with E-state index in [-0.39, 0.29) is 43.0 Å². The Balaban J connectivity index is 0.00000312. The summed E-state index contributed by atoms with van der Waals surface area (Å²) in [5.41, 5.74) is -5.22. The maximum atomic E-state index is 12.6. The van der Waals surface area contributed by atoms with E-state index in [9.17, 15) is 21.6 Å². The van der Waals surface area contributed by atoms with Gasteiger partial charge >= 0.3 is 15.5 Å². The van der Waals surface area contributed by atoms with Crippen molar-refractivity contribution < 1.29 is 21.6 Å². The minimum absolute atomic E-state index is 0. The summed E-state index contributed by atoms with van der Waals surface area (Å²) in [6.07, 6.45) is 3.08. The van der Waals surface area contributed by atoms with Crippen LogP contribution in [0.1, 0.15) is 32.6 Å². The molecule has 0 aromatic rings. The lowest BCUT2D eigenvalue weighted by molar-refractivity contribution is -0.0496. The number of sulfonamides is 1. The number of guanidine groups is 1. The van der Waals surface area contributed by atoms with Crippen LogP contribution in [0.25, 0.3) is 0 Å². The molecule has 0 saturated carbocycles. The smallest absolute Gasteiger partial charge is 0.357 e. The largest absolute Gasteiger partial charge is 0.511 e. The highest BCUT2D eigenvalue weighted by molar-refractivity contribution is 14.0. The number of rotatable bonds is 4. The molecule has 2 saturated heterocycles. The second kappa shape index (κ2) is 9.58. The molecule has 1 N–H and O–H groups in total. The predicted molar refractivity (Wildman–Crippen MR) is 101 cm³/mol. The van der Waals surface area contributed by atoms with E-state index in [1.165, 1.54) is 0 Å². The normalized spacial score (nSPS) is 21.3. The first-order valence-electron chi connectivity index (χ1n) is 8.35. The van der Waals surface area contributed by atoms with Gasteiger partial charge in [0.25, 0.3) is 0 Å². The number of nitrogens with one attached hydrogen (secondary N) is 1. The van der Waals surface area contributed by atoms with Gasteiger partial charge in [-0.05, 0) is 38.5 Å². The molecule has 2 fully saturated rings. The Bertz CT molecular complexity index is 543. The minimum atomic E-state index is -5.22. The zero-order valence-electron chi connectivity index (χ0n) is 14.3. The minimum Gasteiger partial charge on any atom is -0.357 e. The Kier molecular flexibility index (Phi) is 8.72. The second-order valence-electron chi connectivity index (χ2n) is 6.18. The molecule has 0 atom stereocenters. The van der Waals surface area contributed by atoms with Gasteiger partial charge in [0.05, 0.1) is 0 Å². The number of likely N-dealkylation sites (tertiary alicyclic amines) is 1. The Morgan fingerprint density at radius 1 is 1.16 bits per heavy atom. The highest BCUT2D eigenvalue weighted by Crippen LogP contribution is 2.30. The van der Waals surface area contributed by atoms with Gasteiger partial charge in [0.15, 0.2) is 5.96 Å². The summed E-state index contributed by atoms with van der Waals surface area (Å²) >= 11 is 0. The van der Waals surface area contributed by atoms with Crippen molar-refractivity contribution in [3.8, 4) is 0 Å². The molecule has 0 amide bonds. The van der Waals surface area contributed by atoms with Gasteiger partial charge in [-0.2, -0.15) is 17.5 Å². The van der Waals surface area contributed by atoms with Crippen LogP contribution >= 0.6 is 24.0 Å². The third-order valence-electron chi connectivity index (χ3n) is 4.45. The fourth-order valence-electron chi connectivity index (χ4n) is 3.05. The molecule has 0 aromatic carbocycles. The molecule has 6 nitrogen and oxygen atoms in total. The van der Waals surface area contributed by atoms with Gasteiger partial charge in [-0.15, -0.1) is 24.0 Å². The van der Waals surface area contributed by atoms with E-state index in [1.807, 2.05) is 6.92 Å². The maximum absolute atomic E-state index is 12.6. The Hall–Kier alpha value is -0.300. The average molecular weight is 498 g/mol. The molecule has 11 heteroatoms. The summed E-state index contributed by atoms with van der Waals surface area (Å²) < 4.78 is 61.0. The van der Waals surface area contributed by atoms with Crippen LogP contribution in [-0.2, 0) is 10.0 Å². The van der Waals surface area contributed by atoms with E-state index < -0.39 is 15.5 Å². The monoisotopic (exact) mass is 498 g/mol. The molecule has 0 unspecified atom stereocenters. The number of alkyl halides is 3. The van der Waals surface area contributed by atoms with E-state index in [1.54, 1.807) is 0 Å². The van der Waals surface area contributed by atoms with Crippen LogP contribution in [0.4, 0.5) is 13.2 Å². The molecule has 0 radical (unpaired) electrons. The van der Waals surface area contributed by atoms with Crippen LogP contribution in [0.5, 0.6) is 0 Å². The first-order valence-corrected chi connectivity index (χ1v) is 9.79. The van der Waals surface area contributed by atoms with Crippen LogP contribution in [0.15, 0.2) is 4.99 Å². The van der Waals surface area contributed by atoms with Gasteiger partial charge in [-0.25, -0.2) is 8.42 Å². The van der Waals surface area contributed by atoms with Crippen molar-refractivity contribution >= 4 is 40.0 Å². The molecule has 0 aromatic heterocycles. The number of piperidine rings is 1. The van der Waals surface area contributed by atoms with Crippen molar-refractivity contribution in [1.82, 2.24) is 14.5 Å². The third-order valence-corrected chi connectivity index (χ3v) is 6.08. The molecular formula is C14H26F3IN4O2S. The lowest BCUT2D eigenvalue weighted by Gasteiger charge is -2.31. The predicted octanol–water partition coefficient (Wildman–Crippen LogP) is 2.23. The van der Waals surface area contributed by atoms with Crippen molar-refractivity contribution in [1.29, 1.82) is 0 Å². The summed E-state index contributed by atoms with van der Waals surface area (Å²) in [4.78, 5) is 6.78. The van der Waals surface area contributed by atoms with Crippen LogP contribution in [0, 0.1) is 5.92 Å². The van der Waals surface area contributed by atoms with E-state index in [0.29, 0.717) is 23.7 Å². The van der Waals surface area contributed by atoms with Crippen molar-refractivity contribution in [2.24, 2.45) is 10.9 Å². The van der Waals surface area contributed by atoms with Crippen molar-refractivity contribution in [3.63, 3.8) is 0 Å². The standard InChI is InChI=1S/C14H25F3N4O2S.HI/c1-2-18-13(20-7-3-4-8-20)19-11-12-5-9-21(10-6-12)24(22,23)14(15,16)17;/h12H,2-11H2,1H3,(H,18,19);1H. The lowest BCUT2D eigenvalue weighted by atomic mass is 9.98. The summed E-state index contributed by atoms with van der Waals surface area (Å²) in [7, 11) is -5.20. The number of hydrogen-bond donors (Lipinski definition) is 1. The number of aliphatic imine (C=N–C) groups is 1. The van der Waals surface area contributed by atoms with Gasteiger partial charge in [-0.1, -0.05) is 0 Å². The summed E-state index contributed by atoms with van der Waals surface area (Å²) in [6.45, 7) is 5.01. The molecule has 2 aliphatic rings. The van der Waals surface area contributed by atoms with Crippen LogP contribution < -0.4 is 5.32 Å². The molecule has 2 aliphatic heterocycles. The van der Waals surface area contributed by atoms with E-state index in [0.717, 1.165) is 38.4 Å². The summed E-state index contributed by atoms with van der Waals surface area (Å²) in [6, 6.07) is 0. The van der Waals surface area contributed by atoms with E-state index in [4.69, 9.17) is 0 Å². The van der Waals surface area contributed by atoms with E-state index >= 15 is 0 Å². The van der Waals surface area contributed by atoms with Crippen molar-refractivity contribution in [2.45, 2.75) is 38.1 Å². The quantitative estimate of drug-likeness (QED) is 0.367. The van der Waals surface area contributed by atoms with Crippen molar-refractivity contribution in [2.75, 3.05) is 39.3 Å². The zero-order valence-corrected chi connectivity index (χ0v) is 17.4. The fourth-order valence-corrected chi connectivity index (χ4v) is 4.03. The molecule has 2 heterocycles. The lowest BCUT2D eigenvalue weighted by Crippen LogP contribution is -2.45. The summed E-state index contributed by atoms with van der Waals surface area (Å²) in [5, 5.41) is 3.24. The van der Waals surface area contributed by atoms with Crippen LogP contribution in [-0.4, -0.2) is 68.4 Å². The SMILES string of the molecule is CCNC(=NCC1CCN(S(=O)(=O)C(F)(F)F)CC1)N1CCCC1.I. The third kappa shape index (κ3) is 5.84. The van der Waals surface area contributed by atoms with Gasteiger partial charge < -0.3 is 10.2 Å². The molecule has 25 heavy (non-hydrogen) atoms. The van der Waals surface area contributed by atoms with Gasteiger partial charge in [-0.3, -0.25) is 4.99 Å². The molecular weight excluding hydrogens is 472 g/mol. The summed E-state index contributed by atoms with van der Waals surface area (Å²) in [5.74, 6) is 0.960. The second-order valence-corrected chi connectivity index (χ2v) is 8.11. The maximum Gasteiger partial charge on any atom is 0.511 e. The Morgan fingerprint density at radius 3 is 2.20 bits per heavy atom. The molecule has 148 valence electrons. The number of nitrogens with zero attached hydrogens (tertiary/aromatic N) is 3. The fraction of sp³-hybridized carbons (Fsp3) is 0.929. The first kappa shape index (κ1) is 22.7. The number of hydrogen-bond acceptors (Lipinski definition) is 3. The molecule has 0 aliphatic carbocycles. The first-order chi connectivity index (χ1) is 11.3. The highest BCUT2D eigenvalue weighted by atomic mass is 127. The molecule has 2 rings (SSSR count). The molecule has 0 bridgehead atoms. The van der Waals surface area contributed by atoms with Crippen LogP contribution in [0.2, 0.25) is 0 Å². The van der Waals surface area contributed by atoms with Crippen LogP contribution in [0.3, 0.4) is 0 Å².